The van der Waals surface area contributed by atoms with Crippen LogP contribution in [0, 0.1) is 11.8 Å². The van der Waals surface area contributed by atoms with E-state index in [-0.39, 0.29) is 0 Å². The van der Waals surface area contributed by atoms with E-state index in [0.29, 0.717) is 6.04 Å². The summed E-state index contributed by atoms with van der Waals surface area (Å²) in [4.78, 5) is 0. The lowest BCUT2D eigenvalue weighted by Crippen LogP contribution is -2.38. The molecule has 0 spiro atoms. The average molecular weight is 200 g/mol. The Balaban J connectivity index is 1.73. The number of nitrogens with one attached hydrogen (secondary N) is 1. The predicted molar refractivity (Wildman–Crippen MR) is 58.5 cm³/mol. The highest BCUT2D eigenvalue weighted by Gasteiger charge is 2.32. The van der Waals surface area contributed by atoms with E-state index in [1.54, 1.807) is 0 Å². The first-order valence-electron chi connectivity index (χ1n) is 5.44. The molecule has 0 amide bonds. The molecule has 0 aromatic rings. The van der Waals surface area contributed by atoms with Crippen molar-refractivity contribution in [3.63, 3.8) is 0 Å². The van der Waals surface area contributed by atoms with Crippen molar-refractivity contribution in [2.24, 2.45) is 17.7 Å². The summed E-state index contributed by atoms with van der Waals surface area (Å²) >= 11 is 2.11. The normalized spacial score (nSPS) is 27.5. The topological polar surface area (TPSA) is 38.0 Å². The summed E-state index contributed by atoms with van der Waals surface area (Å²) in [5.74, 6) is 10.2. The lowest BCUT2D eigenvalue weighted by Gasteiger charge is -2.25. The molecule has 13 heavy (non-hydrogen) atoms. The molecule has 1 unspecified atom stereocenters. The molecular weight excluding hydrogens is 180 g/mol. The van der Waals surface area contributed by atoms with Gasteiger partial charge >= 0.3 is 0 Å². The number of thioether (sulfide) groups is 1. The molecule has 0 aromatic heterocycles. The molecule has 76 valence electrons. The van der Waals surface area contributed by atoms with Gasteiger partial charge < -0.3 is 0 Å². The van der Waals surface area contributed by atoms with Crippen LogP contribution in [-0.4, -0.2) is 17.5 Å². The molecule has 0 aromatic carbocycles. The molecule has 2 nitrogen and oxygen atoms in total. The lowest BCUT2D eigenvalue weighted by atomic mass is 9.92. The standard InChI is InChI=1S/C10H20N2S/c11-12-10(9-1-2-9)7-8-3-5-13-6-4-8/h8-10,12H,1-7,11H2. The third kappa shape index (κ3) is 2.86. The van der Waals surface area contributed by atoms with Gasteiger partial charge in [-0.15, -0.1) is 0 Å². The second-order valence-corrected chi connectivity index (χ2v) is 5.63. The van der Waals surface area contributed by atoms with Crippen LogP contribution in [0.3, 0.4) is 0 Å². The molecule has 3 N–H and O–H groups in total. The molecule has 2 rings (SSSR count). The van der Waals surface area contributed by atoms with E-state index in [1.807, 2.05) is 0 Å². The van der Waals surface area contributed by atoms with Crippen LogP contribution < -0.4 is 11.3 Å². The van der Waals surface area contributed by atoms with Gasteiger partial charge in [-0.25, -0.2) is 0 Å². The Labute approximate surface area is 85.0 Å². The monoisotopic (exact) mass is 200 g/mol. The van der Waals surface area contributed by atoms with Crippen LogP contribution in [0.5, 0.6) is 0 Å². The van der Waals surface area contributed by atoms with Gasteiger partial charge in [0.05, 0.1) is 0 Å². The molecule has 1 atom stereocenters. The molecule has 2 fully saturated rings. The van der Waals surface area contributed by atoms with E-state index in [4.69, 9.17) is 5.84 Å². The summed E-state index contributed by atoms with van der Waals surface area (Å²) in [5.41, 5.74) is 3.00. The molecule has 0 radical (unpaired) electrons. The largest absolute Gasteiger partial charge is 0.271 e. The third-order valence-electron chi connectivity index (χ3n) is 3.33. The maximum absolute atomic E-state index is 5.58. The highest BCUT2D eigenvalue weighted by molar-refractivity contribution is 7.99. The fraction of sp³-hybridized carbons (Fsp3) is 1.00. The molecule has 0 bridgehead atoms. The summed E-state index contributed by atoms with van der Waals surface area (Å²) in [6, 6.07) is 0.619. The first-order chi connectivity index (χ1) is 6.40. The van der Waals surface area contributed by atoms with Gasteiger partial charge in [0.2, 0.25) is 0 Å². The predicted octanol–water partition coefficient (Wildman–Crippen LogP) is 1.76. The first-order valence-corrected chi connectivity index (χ1v) is 6.59. The van der Waals surface area contributed by atoms with Crippen molar-refractivity contribution in [3.05, 3.63) is 0 Å². The molecular formula is C10H20N2S. The van der Waals surface area contributed by atoms with Gasteiger partial charge in [0.1, 0.15) is 0 Å². The zero-order valence-corrected chi connectivity index (χ0v) is 8.98. The van der Waals surface area contributed by atoms with Crippen LogP contribution in [0.15, 0.2) is 0 Å². The molecule has 1 aliphatic carbocycles. The highest BCUT2D eigenvalue weighted by atomic mass is 32.2. The molecule has 2 aliphatic rings. The zero-order chi connectivity index (χ0) is 9.10. The molecule has 3 heteroatoms. The quantitative estimate of drug-likeness (QED) is 0.536. The summed E-state index contributed by atoms with van der Waals surface area (Å²) < 4.78 is 0. The van der Waals surface area contributed by atoms with Gasteiger partial charge in [-0.1, -0.05) is 0 Å². The Kier molecular flexibility index (Phi) is 3.52. The van der Waals surface area contributed by atoms with Crippen LogP contribution in [-0.2, 0) is 0 Å². The third-order valence-corrected chi connectivity index (χ3v) is 4.38. The number of rotatable bonds is 4. The van der Waals surface area contributed by atoms with Gasteiger partial charge in [0, 0.05) is 6.04 Å². The first kappa shape index (κ1) is 9.81. The fourth-order valence-electron chi connectivity index (χ4n) is 2.24. The van der Waals surface area contributed by atoms with Crippen molar-refractivity contribution in [1.82, 2.24) is 5.43 Å². The van der Waals surface area contributed by atoms with E-state index in [9.17, 15) is 0 Å². The number of nitrogens with two attached hydrogens (primary N) is 1. The molecule has 1 aliphatic heterocycles. The molecule has 1 saturated heterocycles. The van der Waals surface area contributed by atoms with Gasteiger partial charge in [-0.2, -0.15) is 11.8 Å². The van der Waals surface area contributed by atoms with E-state index in [0.717, 1.165) is 11.8 Å². The second kappa shape index (κ2) is 4.67. The fourth-order valence-corrected chi connectivity index (χ4v) is 3.44. The Bertz CT molecular complexity index is 153. The maximum atomic E-state index is 5.58. The van der Waals surface area contributed by atoms with Crippen molar-refractivity contribution in [2.45, 2.75) is 38.1 Å². The summed E-state index contributed by atoms with van der Waals surface area (Å²) in [5, 5.41) is 0. The van der Waals surface area contributed by atoms with Gasteiger partial charge in [-0.05, 0) is 55.4 Å². The van der Waals surface area contributed by atoms with Crippen LogP contribution in [0.25, 0.3) is 0 Å². The maximum Gasteiger partial charge on any atom is 0.0241 e. The number of hydrazine groups is 1. The average Bonchev–Trinajstić information content (AvgIpc) is 2.99. The number of hydrogen-bond donors (Lipinski definition) is 2. The zero-order valence-electron chi connectivity index (χ0n) is 8.17. The van der Waals surface area contributed by atoms with Crippen molar-refractivity contribution in [3.8, 4) is 0 Å². The van der Waals surface area contributed by atoms with Crippen LogP contribution in [0.1, 0.15) is 32.1 Å². The minimum atomic E-state index is 0.619. The van der Waals surface area contributed by atoms with Crippen molar-refractivity contribution < 1.29 is 0 Å². The Morgan fingerprint density at radius 3 is 2.46 bits per heavy atom. The Hall–Kier alpha value is 0.270. The summed E-state index contributed by atoms with van der Waals surface area (Å²) in [7, 11) is 0. The van der Waals surface area contributed by atoms with Crippen molar-refractivity contribution in [2.75, 3.05) is 11.5 Å². The molecule has 1 heterocycles. The van der Waals surface area contributed by atoms with Gasteiger partial charge in [-0.3, -0.25) is 11.3 Å². The van der Waals surface area contributed by atoms with E-state index in [1.165, 1.54) is 43.6 Å². The second-order valence-electron chi connectivity index (χ2n) is 4.40. The minimum absolute atomic E-state index is 0.619. The van der Waals surface area contributed by atoms with Crippen LogP contribution in [0.2, 0.25) is 0 Å². The van der Waals surface area contributed by atoms with Gasteiger partial charge in [0.15, 0.2) is 0 Å². The van der Waals surface area contributed by atoms with Crippen molar-refractivity contribution in [1.29, 1.82) is 0 Å². The minimum Gasteiger partial charge on any atom is -0.271 e. The number of hydrogen-bond acceptors (Lipinski definition) is 3. The van der Waals surface area contributed by atoms with Crippen molar-refractivity contribution >= 4 is 11.8 Å². The van der Waals surface area contributed by atoms with Gasteiger partial charge in [0.25, 0.3) is 0 Å². The Morgan fingerprint density at radius 1 is 1.23 bits per heavy atom. The van der Waals surface area contributed by atoms with E-state index in [2.05, 4.69) is 17.2 Å². The smallest absolute Gasteiger partial charge is 0.0241 e. The summed E-state index contributed by atoms with van der Waals surface area (Å²) in [6.07, 6.45) is 6.94. The Morgan fingerprint density at radius 2 is 1.92 bits per heavy atom. The highest BCUT2D eigenvalue weighted by Crippen LogP contribution is 2.37. The summed E-state index contributed by atoms with van der Waals surface area (Å²) in [6.45, 7) is 0. The van der Waals surface area contributed by atoms with Crippen LogP contribution >= 0.6 is 11.8 Å². The lowest BCUT2D eigenvalue weighted by molar-refractivity contribution is 0.343. The SMILES string of the molecule is NNC(CC1CCSCC1)C1CC1. The van der Waals surface area contributed by atoms with E-state index >= 15 is 0 Å². The molecule has 1 saturated carbocycles. The van der Waals surface area contributed by atoms with Crippen LogP contribution in [0.4, 0.5) is 0 Å². The van der Waals surface area contributed by atoms with E-state index < -0.39 is 0 Å².